The van der Waals surface area contributed by atoms with Crippen molar-refractivity contribution in [1.82, 2.24) is 4.90 Å². The fraction of sp³-hybridized carbons (Fsp3) is 0.636. The Kier molecular flexibility index (Phi) is 4.62. The molecule has 0 radical (unpaired) electrons. The summed E-state index contributed by atoms with van der Waals surface area (Å²) in [5.74, 6) is 0. The molecule has 0 bridgehead atoms. The lowest BCUT2D eigenvalue weighted by Crippen LogP contribution is -2.36. The fourth-order valence-corrected chi connectivity index (χ4v) is 2.42. The Morgan fingerprint density at radius 2 is 2.24 bits per heavy atom. The van der Waals surface area contributed by atoms with Gasteiger partial charge in [-0.25, -0.2) is 0 Å². The van der Waals surface area contributed by atoms with Gasteiger partial charge in [-0.15, -0.1) is 0 Å². The Hall–Kier alpha value is -0.980. The number of thiophene rings is 1. The molecule has 1 aromatic rings. The first-order valence-electron chi connectivity index (χ1n) is 5.44. The van der Waals surface area contributed by atoms with Crippen molar-refractivity contribution in [3.63, 3.8) is 0 Å². The van der Waals surface area contributed by atoms with Crippen molar-refractivity contribution in [2.24, 2.45) is 11.1 Å². The topological polar surface area (TPSA) is 72.4 Å². The monoisotopic (exact) mass is 257 g/mol. The fourth-order valence-electron chi connectivity index (χ4n) is 1.70. The smallest absolute Gasteiger partial charge is 0.324 e. The summed E-state index contributed by atoms with van der Waals surface area (Å²) >= 11 is 1.17. The summed E-state index contributed by atoms with van der Waals surface area (Å²) in [6.45, 7) is 6.43. The van der Waals surface area contributed by atoms with E-state index >= 15 is 0 Å². The summed E-state index contributed by atoms with van der Waals surface area (Å²) in [6.07, 6.45) is 0. The van der Waals surface area contributed by atoms with Gasteiger partial charge in [-0.2, -0.15) is 0 Å². The van der Waals surface area contributed by atoms with Crippen molar-refractivity contribution in [3.8, 4) is 0 Å². The van der Waals surface area contributed by atoms with Crippen LogP contribution in [-0.4, -0.2) is 30.0 Å². The molecule has 6 heteroatoms. The van der Waals surface area contributed by atoms with Gasteiger partial charge in [-0.1, -0.05) is 25.2 Å². The number of nitrogens with zero attached hydrogens (tertiary/aromatic N) is 2. The van der Waals surface area contributed by atoms with E-state index in [-0.39, 0.29) is 15.3 Å². The molecule has 0 aliphatic heterocycles. The van der Waals surface area contributed by atoms with E-state index in [0.29, 0.717) is 13.1 Å². The van der Waals surface area contributed by atoms with Gasteiger partial charge in [0.25, 0.3) is 0 Å². The molecule has 0 amide bonds. The van der Waals surface area contributed by atoms with E-state index in [1.807, 2.05) is 12.4 Å². The van der Waals surface area contributed by atoms with Crippen LogP contribution < -0.4 is 5.73 Å². The summed E-state index contributed by atoms with van der Waals surface area (Å²) in [4.78, 5) is 12.3. The molecular weight excluding hydrogens is 238 g/mol. The molecule has 0 aliphatic rings. The number of nitro groups is 1. The van der Waals surface area contributed by atoms with Crippen LogP contribution in [-0.2, 0) is 6.54 Å². The molecule has 96 valence electrons. The predicted octanol–water partition coefficient (Wildman–Crippen LogP) is 2.07. The van der Waals surface area contributed by atoms with Crippen LogP contribution in [0.4, 0.5) is 5.00 Å². The molecule has 1 rings (SSSR count). The highest BCUT2D eigenvalue weighted by Gasteiger charge is 2.19. The third-order valence-electron chi connectivity index (χ3n) is 2.52. The van der Waals surface area contributed by atoms with E-state index in [9.17, 15) is 10.1 Å². The summed E-state index contributed by atoms with van der Waals surface area (Å²) in [6, 6.07) is 1.64. The third kappa shape index (κ3) is 4.41. The zero-order chi connectivity index (χ0) is 13.1. The first-order valence-corrected chi connectivity index (χ1v) is 6.32. The first-order chi connectivity index (χ1) is 7.84. The first kappa shape index (κ1) is 14.1. The average Bonchev–Trinajstić information content (AvgIpc) is 2.65. The van der Waals surface area contributed by atoms with Crippen molar-refractivity contribution >= 4 is 16.3 Å². The van der Waals surface area contributed by atoms with Crippen molar-refractivity contribution < 1.29 is 4.92 Å². The normalized spacial score (nSPS) is 12.1. The Morgan fingerprint density at radius 3 is 2.71 bits per heavy atom. The van der Waals surface area contributed by atoms with Gasteiger partial charge >= 0.3 is 5.00 Å². The minimum Gasteiger partial charge on any atom is -0.330 e. The van der Waals surface area contributed by atoms with Crippen LogP contribution in [0, 0.1) is 15.5 Å². The molecule has 0 unspecified atom stereocenters. The van der Waals surface area contributed by atoms with Crippen LogP contribution in [0.3, 0.4) is 0 Å². The maximum absolute atomic E-state index is 10.6. The molecule has 0 aliphatic carbocycles. The van der Waals surface area contributed by atoms with Crippen LogP contribution >= 0.6 is 11.3 Å². The Bertz CT molecular complexity index is 390. The van der Waals surface area contributed by atoms with Crippen molar-refractivity contribution in [2.75, 3.05) is 20.1 Å². The van der Waals surface area contributed by atoms with Crippen LogP contribution in [0.25, 0.3) is 0 Å². The lowest BCUT2D eigenvalue weighted by atomic mass is 9.93. The van der Waals surface area contributed by atoms with E-state index in [1.165, 1.54) is 11.3 Å². The van der Waals surface area contributed by atoms with Gasteiger partial charge in [0, 0.05) is 24.5 Å². The summed E-state index contributed by atoms with van der Waals surface area (Å²) in [5, 5.41) is 12.6. The van der Waals surface area contributed by atoms with Gasteiger partial charge in [0.1, 0.15) is 0 Å². The van der Waals surface area contributed by atoms with Crippen molar-refractivity contribution in [2.45, 2.75) is 20.4 Å². The van der Waals surface area contributed by atoms with Gasteiger partial charge in [-0.3, -0.25) is 10.1 Å². The number of nitrogens with two attached hydrogens (primary N) is 1. The second kappa shape index (κ2) is 5.57. The van der Waals surface area contributed by atoms with Gasteiger partial charge in [0.2, 0.25) is 0 Å². The average molecular weight is 257 g/mol. The van der Waals surface area contributed by atoms with Gasteiger partial charge in [0.15, 0.2) is 0 Å². The highest BCUT2D eigenvalue weighted by Crippen LogP contribution is 2.24. The van der Waals surface area contributed by atoms with Gasteiger partial charge in [0.05, 0.1) is 4.92 Å². The number of hydrogen-bond donors (Lipinski definition) is 1. The van der Waals surface area contributed by atoms with E-state index in [1.54, 1.807) is 6.07 Å². The molecule has 5 nitrogen and oxygen atoms in total. The molecule has 0 spiro atoms. The summed E-state index contributed by atoms with van der Waals surface area (Å²) < 4.78 is 0. The molecule has 1 aromatic heterocycles. The van der Waals surface area contributed by atoms with Crippen LogP contribution in [0.1, 0.15) is 19.4 Å². The molecule has 1 heterocycles. The summed E-state index contributed by atoms with van der Waals surface area (Å²) in [7, 11) is 2.00. The van der Waals surface area contributed by atoms with E-state index in [4.69, 9.17) is 5.73 Å². The Labute approximate surface area is 105 Å². The Balaban J connectivity index is 2.56. The van der Waals surface area contributed by atoms with Gasteiger partial charge in [-0.05, 0) is 24.6 Å². The molecule has 0 fully saturated rings. The molecule has 0 atom stereocenters. The maximum Gasteiger partial charge on any atom is 0.324 e. The SMILES string of the molecule is CN(Cc1csc([N+](=O)[O-])c1)CC(C)(C)CN. The van der Waals surface area contributed by atoms with E-state index in [0.717, 1.165) is 12.1 Å². The second-order valence-electron chi connectivity index (χ2n) is 5.09. The predicted molar refractivity (Wildman–Crippen MR) is 70.1 cm³/mol. The minimum absolute atomic E-state index is 0.0662. The maximum atomic E-state index is 10.6. The zero-order valence-electron chi connectivity index (χ0n) is 10.5. The molecule has 0 aromatic carbocycles. The molecular formula is C11H19N3O2S. The number of hydrogen-bond acceptors (Lipinski definition) is 5. The van der Waals surface area contributed by atoms with Crippen molar-refractivity contribution in [1.29, 1.82) is 0 Å². The lowest BCUT2D eigenvalue weighted by Gasteiger charge is -2.28. The lowest BCUT2D eigenvalue weighted by molar-refractivity contribution is -0.380. The zero-order valence-corrected chi connectivity index (χ0v) is 11.3. The second-order valence-corrected chi connectivity index (χ2v) is 5.98. The molecule has 2 N–H and O–H groups in total. The highest BCUT2D eigenvalue weighted by atomic mass is 32.1. The third-order valence-corrected chi connectivity index (χ3v) is 3.45. The highest BCUT2D eigenvalue weighted by molar-refractivity contribution is 7.13. The van der Waals surface area contributed by atoms with E-state index in [2.05, 4.69) is 18.7 Å². The summed E-state index contributed by atoms with van der Waals surface area (Å²) in [5.41, 5.74) is 6.73. The van der Waals surface area contributed by atoms with Crippen LogP contribution in [0.15, 0.2) is 11.4 Å². The van der Waals surface area contributed by atoms with Crippen molar-refractivity contribution in [3.05, 3.63) is 27.1 Å². The molecule has 0 saturated heterocycles. The molecule has 0 saturated carbocycles. The van der Waals surface area contributed by atoms with Crippen LogP contribution in [0.5, 0.6) is 0 Å². The quantitative estimate of drug-likeness (QED) is 0.625. The van der Waals surface area contributed by atoms with Gasteiger partial charge < -0.3 is 10.6 Å². The van der Waals surface area contributed by atoms with E-state index < -0.39 is 0 Å². The van der Waals surface area contributed by atoms with Crippen LogP contribution in [0.2, 0.25) is 0 Å². The minimum atomic E-state index is -0.349. The largest absolute Gasteiger partial charge is 0.330 e. The Morgan fingerprint density at radius 1 is 1.59 bits per heavy atom. The number of rotatable bonds is 6. The standard InChI is InChI=1S/C11H19N3O2S/c1-11(2,7-12)8-13(3)5-9-4-10(14(15)16)17-6-9/h4,6H,5,7-8,12H2,1-3H3. The molecule has 17 heavy (non-hydrogen) atoms.